The lowest BCUT2D eigenvalue weighted by Crippen LogP contribution is -2.68. The molecule has 0 bridgehead atoms. The van der Waals surface area contributed by atoms with Crippen molar-refractivity contribution in [2.45, 2.75) is 83.8 Å². The summed E-state index contributed by atoms with van der Waals surface area (Å²) in [5.74, 6) is -2.28. The number of fused-ring (bicyclic) bond motifs is 5. The van der Waals surface area contributed by atoms with E-state index in [0.717, 1.165) is 11.8 Å². The van der Waals surface area contributed by atoms with Crippen molar-refractivity contribution in [1.82, 2.24) is 5.06 Å². The molecule has 43 heavy (non-hydrogen) atoms. The number of ketones is 1. The number of hydrogen-bond donors (Lipinski definition) is 2. The van der Waals surface area contributed by atoms with E-state index >= 15 is 8.78 Å². The number of alkyl halides is 3. The number of carbonyl (C=O) groups is 2. The Balaban J connectivity index is 1.39. The number of carbonyl (C=O) groups excluding carboxylic acids is 2. The van der Waals surface area contributed by atoms with Crippen LogP contribution in [0.25, 0.3) is 0 Å². The summed E-state index contributed by atoms with van der Waals surface area (Å²) in [4.78, 5) is 25.6. The molecule has 5 aliphatic rings. The topological polar surface area (TPSA) is 87.1 Å². The molecule has 0 aliphatic heterocycles. The molecule has 0 spiro atoms. The van der Waals surface area contributed by atoms with Crippen LogP contribution in [-0.2, 0) is 14.3 Å². The summed E-state index contributed by atoms with van der Waals surface area (Å²) in [6.07, 6.45) is 7.21. The molecule has 0 aromatic carbocycles. The van der Waals surface area contributed by atoms with Gasteiger partial charge >= 0.3 is 0 Å². The highest BCUT2D eigenvalue weighted by molar-refractivity contribution is 8.13. The van der Waals surface area contributed by atoms with E-state index in [1.807, 2.05) is 45.9 Å². The predicted octanol–water partition coefficient (Wildman–Crippen LogP) is 6.30. The molecule has 2 unspecified atom stereocenters. The SMILES string of the molecule is CC(C)(C)OC1=CCC(CN(O)C[C@@H]2CC3[C@@H]4C[C@H](F)C5=CC(=O)C=C[C@]5(C)[C@@]4(F)[C@@H](O)C[C@]3(C)[C@H]2C(=O)SCF)C=C1. The maximum Gasteiger partial charge on any atom is 0.195 e. The highest BCUT2D eigenvalue weighted by atomic mass is 32.2. The normalized spacial score (nSPS) is 42.2. The molecule has 0 aromatic heterocycles. The lowest BCUT2D eigenvalue weighted by atomic mass is 9.45. The first kappa shape index (κ1) is 32.5. The fourth-order valence-electron chi connectivity index (χ4n) is 9.00. The van der Waals surface area contributed by atoms with Gasteiger partial charge in [0.2, 0.25) is 0 Å². The third kappa shape index (κ3) is 5.59. The summed E-state index contributed by atoms with van der Waals surface area (Å²) in [5, 5.41) is 23.4. The maximum atomic E-state index is 17.5. The monoisotopic (exact) mass is 623 g/mol. The zero-order chi connectivity index (χ0) is 31.5. The summed E-state index contributed by atoms with van der Waals surface area (Å²) in [7, 11) is 0. The van der Waals surface area contributed by atoms with Crippen LogP contribution < -0.4 is 0 Å². The van der Waals surface area contributed by atoms with E-state index in [0.29, 0.717) is 31.1 Å². The molecule has 6 nitrogen and oxygen atoms in total. The number of ether oxygens (including phenoxy) is 1. The van der Waals surface area contributed by atoms with Gasteiger partial charge in [0.1, 0.15) is 23.5 Å². The predicted molar refractivity (Wildman–Crippen MR) is 159 cm³/mol. The van der Waals surface area contributed by atoms with Crippen LogP contribution in [0.4, 0.5) is 13.2 Å². The van der Waals surface area contributed by atoms with Crippen LogP contribution in [0, 0.1) is 40.4 Å². The van der Waals surface area contributed by atoms with Crippen molar-refractivity contribution >= 4 is 22.7 Å². The number of aliphatic hydroxyl groups is 1. The zero-order valence-electron chi connectivity index (χ0n) is 25.6. The number of hydroxylamine groups is 2. The fourth-order valence-corrected chi connectivity index (χ4v) is 9.75. The molecule has 0 amide bonds. The Hall–Kier alpha value is -1.88. The van der Waals surface area contributed by atoms with Gasteiger partial charge in [-0.25, -0.2) is 13.2 Å². The van der Waals surface area contributed by atoms with Crippen molar-refractivity contribution in [3.63, 3.8) is 0 Å². The highest BCUT2D eigenvalue weighted by Gasteiger charge is 2.73. The summed E-state index contributed by atoms with van der Waals surface area (Å²) >= 11 is 0.556. The molecule has 2 N–H and O–H groups in total. The van der Waals surface area contributed by atoms with E-state index in [-0.39, 0.29) is 36.5 Å². The molecule has 3 saturated carbocycles. The number of nitrogens with zero attached hydrogens (tertiary/aromatic N) is 1. The van der Waals surface area contributed by atoms with Crippen molar-refractivity contribution in [3.05, 3.63) is 47.8 Å². The molecule has 0 heterocycles. The summed E-state index contributed by atoms with van der Waals surface area (Å²) in [5.41, 5.74) is -4.99. The minimum atomic E-state index is -2.26. The number of rotatable bonds is 7. The molecule has 5 aliphatic carbocycles. The Labute approximate surface area is 256 Å². The number of halogens is 3. The van der Waals surface area contributed by atoms with E-state index in [9.17, 15) is 24.3 Å². The molecule has 10 atom stereocenters. The molecule has 10 heteroatoms. The van der Waals surface area contributed by atoms with Crippen LogP contribution in [0.2, 0.25) is 0 Å². The molecule has 0 saturated heterocycles. The average molecular weight is 624 g/mol. The van der Waals surface area contributed by atoms with E-state index in [2.05, 4.69) is 0 Å². The van der Waals surface area contributed by atoms with Crippen LogP contribution in [0.5, 0.6) is 0 Å². The van der Waals surface area contributed by atoms with Crippen LogP contribution in [0.1, 0.15) is 60.3 Å². The second-order valence-corrected chi connectivity index (χ2v) is 15.5. The van der Waals surface area contributed by atoms with Gasteiger partial charge in [-0.1, -0.05) is 30.8 Å². The van der Waals surface area contributed by atoms with Gasteiger partial charge in [0.15, 0.2) is 16.6 Å². The van der Waals surface area contributed by atoms with Gasteiger partial charge in [0, 0.05) is 30.3 Å². The third-order valence-electron chi connectivity index (χ3n) is 10.7. The molecule has 0 aromatic rings. The largest absolute Gasteiger partial charge is 0.489 e. The number of allylic oxidation sites excluding steroid dienone is 6. The molecule has 238 valence electrons. The third-order valence-corrected chi connectivity index (χ3v) is 11.4. The van der Waals surface area contributed by atoms with Gasteiger partial charge < -0.3 is 15.1 Å². The van der Waals surface area contributed by atoms with E-state index in [1.54, 1.807) is 6.92 Å². The lowest BCUT2D eigenvalue weighted by Gasteiger charge is -2.62. The van der Waals surface area contributed by atoms with Gasteiger partial charge in [-0.3, -0.25) is 9.59 Å². The first-order valence-corrected chi connectivity index (χ1v) is 16.2. The summed E-state index contributed by atoms with van der Waals surface area (Å²) < 4.78 is 52.6. The van der Waals surface area contributed by atoms with Crippen LogP contribution >= 0.6 is 11.8 Å². The summed E-state index contributed by atoms with van der Waals surface area (Å²) in [6.45, 7) is 9.68. The second kappa shape index (κ2) is 11.5. The van der Waals surface area contributed by atoms with Crippen molar-refractivity contribution < 1.29 is 37.8 Å². The fraction of sp³-hybridized carbons (Fsp3) is 0.697. The van der Waals surface area contributed by atoms with Crippen molar-refractivity contribution in [2.24, 2.45) is 40.4 Å². The standard InChI is InChI=1S/C33H44F3NO5S/c1-30(2,3)42-22-8-6-19(7-9-22)16-37(41)17-20-12-23-24-14-26(35)25-13-21(38)10-11-32(25,5)33(24,36)27(39)15-31(23,4)28(20)29(40)43-18-34/h6,8-11,13,19-20,23-24,26-28,39,41H,7,12,14-18H2,1-5H3/t19?,20-,23?,24-,26-,27-,28+,31-,32-,33-/m0/s1. The van der Waals surface area contributed by atoms with E-state index in [1.165, 1.54) is 17.2 Å². The van der Waals surface area contributed by atoms with Crippen molar-refractivity contribution in [2.75, 3.05) is 19.1 Å². The number of aliphatic hydroxyl groups excluding tert-OH is 1. The highest BCUT2D eigenvalue weighted by Crippen LogP contribution is 2.70. The van der Waals surface area contributed by atoms with Gasteiger partial charge in [0.05, 0.1) is 6.10 Å². The Morgan fingerprint density at radius 1 is 1.19 bits per heavy atom. The minimum Gasteiger partial charge on any atom is -0.489 e. The Morgan fingerprint density at radius 2 is 1.91 bits per heavy atom. The second-order valence-electron chi connectivity index (χ2n) is 14.5. The van der Waals surface area contributed by atoms with Crippen molar-refractivity contribution in [3.8, 4) is 0 Å². The van der Waals surface area contributed by atoms with Gasteiger partial charge in [-0.15, -0.1) is 0 Å². The van der Waals surface area contributed by atoms with E-state index < -0.39 is 69.4 Å². The van der Waals surface area contributed by atoms with Crippen LogP contribution in [0.3, 0.4) is 0 Å². The van der Waals surface area contributed by atoms with Crippen molar-refractivity contribution in [1.29, 1.82) is 0 Å². The smallest absolute Gasteiger partial charge is 0.195 e. The van der Waals surface area contributed by atoms with Gasteiger partial charge in [-0.05, 0) is 106 Å². The zero-order valence-corrected chi connectivity index (χ0v) is 26.4. The van der Waals surface area contributed by atoms with Gasteiger partial charge in [-0.2, -0.15) is 5.06 Å². The lowest BCUT2D eigenvalue weighted by molar-refractivity contribution is -0.201. The Kier molecular flexibility index (Phi) is 8.68. The molecule has 0 radical (unpaired) electrons. The Morgan fingerprint density at radius 3 is 2.53 bits per heavy atom. The number of thioether (sulfide) groups is 1. The number of hydrogen-bond acceptors (Lipinski definition) is 7. The molecular formula is C33H44F3NO5S. The minimum absolute atomic E-state index is 0.00265. The van der Waals surface area contributed by atoms with E-state index in [4.69, 9.17) is 4.74 Å². The van der Waals surface area contributed by atoms with Gasteiger partial charge in [0.25, 0.3) is 0 Å². The molecular weight excluding hydrogens is 579 g/mol. The Bertz CT molecular complexity index is 1260. The first-order valence-electron chi connectivity index (χ1n) is 15.2. The first-order chi connectivity index (χ1) is 20.0. The maximum absolute atomic E-state index is 17.5. The van der Waals surface area contributed by atoms with Crippen LogP contribution in [0.15, 0.2) is 47.8 Å². The molecule has 5 rings (SSSR count). The average Bonchev–Trinajstić information content (AvgIpc) is 3.18. The summed E-state index contributed by atoms with van der Waals surface area (Å²) in [6, 6.07) is -0.916. The van der Waals surface area contributed by atoms with Crippen LogP contribution in [-0.4, -0.2) is 68.9 Å². The molecule has 3 fully saturated rings. The quantitative estimate of drug-likeness (QED) is 0.322.